The third-order valence-corrected chi connectivity index (χ3v) is 15.4. The highest BCUT2D eigenvalue weighted by atomic mass is 16.5. The van der Waals surface area contributed by atoms with Crippen LogP contribution in [0.2, 0.25) is 0 Å². The molecule has 4 aromatic rings. The number of nitrogens with zero attached hydrogens (tertiary/aromatic N) is 3. The van der Waals surface area contributed by atoms with E-state index in [1.54, 1.807) is 4.90 Å². The van der Waals surface area contributed by atoms with Crippen molar-refractivity contribution in [3.05, 3.63) is 124 Å². The largest absolute Gasteiger partial charge is 0.508 e. The third kappa shape index (κ3) is 6.58. The number of piperidine rings is 3. The van der Waals surface area contributed by atoms with Gasteiger partial charge in [-0.05, 0) is 141 Å². The molecule has 4 aromatic carbocycles. The number of hydrogen-bond donors (Lipinski definition) is 2. The van der Waals surface area contributed by atoms with Gasteiger partial charge in [0.15, 0.2) is 0 Å². The second kappa shape index (κ2) is 14.8. The lowest BCUT2D eigenvalue weighted by atomic mass is 9.69. The summed E-state index contributed by atoms with van der Waals surface area (Å²) >= 11 is 0. The van der Waals surface area contributed by atoms with Crippen LogP contribution in [0.5, 0.6) is 11.5 Å². The van der Waals surface area contributed by atoms with Crippen molar-refractivity contribution in [2.24, 2.45) is 5.92 Å². The van der Waals surface area contributed by atoms with Crippen LogP contribution in [0.25, 0.3) is 0 Å². The average molecular weight is 807 g/mol. The van der Waals surface area contributed by atoms with Crippen LogP contribution in [0.3, 0.4) is 0 Å². The molecular weight excluding hydrogens is 753 g/mol. The van der Waals surface area contributed by atoms with Crippen LogP contribution in [0.1, 0.15) is 107 Å². The van der Waals surface area contributed by atoms with Crippen molar-refractivity contribution in [3.63, 3.8) is 0 Å². The summed E-state index contributed by atoms with van der Waals surface area (Å²) in [5.41, 5.74) is 9.28. The van der Waals surface area contributed by atoms with Crippen LogP contribution < -0.4 is 15.0 Å². The Morgan fingerprint density at radius 3 is 2.38 bits per heavy atom. The molecule has 4 fully saturated rings. The summed E-state index contributed by atoms with van der Waals surface area (Å²) in [4.78, 5) is 44.5. The number of rotatable bonds is 6. The molecule has 0 aromatic heterocycles. The van der Waals surface area contributed by atoms with Gasteiger partial charge in [0.05, 0.1) is 18.8 Å². The normalized spacial score (nSPS) is 26.8. The summed E-state index contributed by atoms with van der Waals surface area (Å²) in [7, 11) is 0. The minimum atomic E-state index is -0.613. The first-order valence-corrected chi connectivity index (χ1v) is 22.3. The molecule has 0 radical (unpaired) electrons. The van der Waals surface area contributed by atoms with E-state index in [1.165, 1.54) is 33.5 Å². The van der Waals surface area contributed by atoms with Crippen molar-refractivity contribution in [3.8, 4) is 11.5 Å². The summed E-state index contributed by atoms with van der Waals surface area (Å²) in [6.45, 7) is 6.94. The van der Waals surface area contributed by atoms with Crippen LogP contribution in [0, 0.1) is 5.92 Å². The van der Waals surface area contributed by atoms with Gasteiger partial charge in [-0.15, -0.1) is 0 Å². The van der Waals surface area contributed by atoms with E-state index in [9.17, 15) is 19.5 Å². The SMILES string of the molecule is O=C1CC[C@H](N2Cc3cc4c(cc3C2=O)OCC42CCN(C[C@@H]3COC4(CCN(c5ccc([C@@H]6c7ccc(O)cc7CC[C@@H]6c6ccccc6)cc5)CC4)C3)CC2)C(=O)N1. The number of hydrogen-bond acceptors (Lipinski definition) is 8. The maximum absolute atomic E-state index is 13.4. The third-order valence-electron chi connectivity index (χ3n) is 15.4. The number of anilines is 1. The number of aromatic hydroxyl groups is 1. The van der Waals surface area contributed by atoms with Gasteiger partial charge in [-0.3, -0.25) is 19.7 Å². The number of fused-ring (bicyclic) bond motifs is 4. The number of aryl methyl sites for hydroxylation is 1. The Hall–Kier alpha value is -5.19. The molecule has 6 aliphatic heterocycles. The van der Waals surface area contributed by atoms with Crippen molar-refractivity contribution in [1.29, 1.82) is 0 Å². The number of nitrogens with one attached hydrogen (secondary N) is 1. The Labute approximate surface area is 351 Å². The highest BCUT2D eigenvalue weighted by molar-refractivity contribution is 6.05. The van der Waals surface area contributed by atoms with E-state index in [1.807, 2.05) is 18.2 Å². The van der Waals surface area contributed by atoms with Crippen LogP contribution in [-0.4, -0.2) is 90.2 Å². The van der Waals surface area contributed by atoms with Crippen LogP contribution in [-0.2, 0) is 32.7 Å². The maximum atomic E-state index is 13.4. The van der Waals surface area contributed by atoms with Gasteiger partial charge in [-0.2, -0.15) is 0 Å². The Morgan fingerprint density at radius 1 is 0.800 bits per heavy atom. The predicted octanol–water partition coefficient (Wildman–Crippen LogP) is 6.82. The predicted molar refractivity (Wildman–Crippen MR) is 227 cm³/mol. The van der Waals surface area contributed by atoms with E-state index < -0.39 is 6.04 Å². The lowest BCUT2D eigenvalue weighted by Gasteiger charge is -2.41. The molecule has 3 amide bonds. The fourth-order valence-electron chi connectivity index (χ4n) is 12.1. The highest BCUT2D eigenvalue weighted by Gasteiger charge is 2.48. The van der Waals surface area contributed by atoms with Crippen molar-refractivity contribution in [2.45, 2.75) is 93.2 Å². The average Bonchev–Trinajstić information content (AvgIpc) is 3.93. The molecule has 60 heavy (non-hydrogen) atoms. The number of ether oxygens (including phenoxy) is 2. The maximum Gasteiger partial charge on any atom is 0.255 e. The van der Waals surface area contributed by atoms with Crippen molar-refractivity contribution in [1.82, 2.24) is 15.1 Å². The number of phenolic OH excluding ortho intramolecular Hbond substituents is 1. The van der Waals surface area contributed by atoms with Gasteiger partial charge in [-0.1, -0.05) is 48.5 Å². The van der Waals surface area contributed by atoms with Gasteiger partial charge in [0.2, 0.25) is 11.8 Å². The number of amides is 3. The lowest BCUT2D eigenvalue weighted by Crippen LogP contribution is -2.52. The van der Waals surface area contributed by atoms with E-state index in [4.69, 9.17) is 9.47 Å². The Morgan fingerprint density at radius 2 is 1.60 bits per heavy atom. The Bertz CT molecular complexity index is 2330. The molecule has 310 valence electrons. The molecule has 4 atom stereocenters. The van der Waals surface area contributed by atoms with E-state index in [0.717, 1.165) is 95.6 Å². The second-order valence-corrected chi connectivity index (χ2v) is 18.8. The molecule has 10 heteroatoms. The number of benzene rings is 4. The molecule has 6 heterocycles. The summed E-state index contributed by atoms with van der Waals surface area (Å²) in [5.74, 6) is 1.52. The number of carbonyl (C=O) groups excluding carboxylic acids is 3. The van der Waals surface area contributed by atoms with Gasteiger partial charge in [0.1, 0.15) is 17.5 Å². The first-order chi connectivity index (χ1) is 29.2. The molecule has 0 unspecified atom stereocenters. The number of imide groups is 1. The zero-order valence-corrected chi connectivity index (χ0v) is 34.2. The summed E-state index contributed by atoms with van der Waals surface area (Å²) in [6, 6.07) is 29.7. The van der Waals surface area contributed by atoms with Crippen molar-refractivity contribution >= 4 is 23.4 Å². The van der Waals surface area contributed by atoms with Gasteiger partial charge >= 0.3 is 0 Å². The smallest absolute Gasteiger partial charge is 0.255 e. The van der Waals surface area contributed by atoms with Gasteiger partial charge in [-0.25, -0.2) is 0 Å². The topological polar surface area (TPSA) is 112 Å². The highest BCUT2D eigenvalue weighted by Crippen LogP contribution is 2.50. The molecule has 2 spiro atoms. The molecule has 0 saturated carbocycles. The molecule has 2 N–H and O–H groups in total. The molecular formula is C50H54N4O6. The summed E-state index contributed by atoms with van der Waals surface area (Å²) < 4.78 is 13.0. The van der Waals surface area contributed by atoms with Gasteiger partial charge in [0.25, 0.3) is 5.91 Å². The zero-order chi connectivity index (χ0) is 40.6. The second-order valence-electron chi connectivity index (χ2n) is 18.8. The standard InChI is InChI=1S/C50H54N4O6/c55-38-11-13-40-35(24-38)8-12-39(33-4-2-1-3-5-33)46(40)34-6-9-37(10-7-34)53-22-18-50(19-23-53)27-32(30-60-50)28-52-20-16-49(17-21-52)31-59-44-26-41-36(25-42(44)49)29-54(48(41)58)43-14-15-45(56)51-47(43)57/h1-7,9-11,13,24-26,32,39,43,46,55H,8,12,14-23,27-31H2,(H,51,56,57)/t32-,39-,43+,46+/m1/s1. The molecule has 7 aliphatic rings. The Kier molecular flexibility index (Phi) is 9.30. The number of likely N-dealkylation sites (tertiary alicyclic amines) is 1. The molecule has 11 rings (SSSR count). The van der Waals surface area contributed by atoms with E-state index >= 15 is 0 Å². The van der Waals surface area contributed by atoms with Gasteiger partial charge < -0.3 is 29.3 Å². The van der Waals surface area contributed by atoms with E-state index in [0.29, 0.717) is 42.7 Å². The minimum Gasteiger partial charge on any atom is -0.508 e. The number of phenols is 1. The quantitative estimate of drug-likeness (QED) is 0.205. The summed E-state index contributed by atoms with van der Waals surface area (Å²) in [6.07, 6.45) is 7.89. The first-order valence-electron chi connectivity index (χ1n) is 22.3. The zero-order valence-electron chi connectivity index (χ0n) is 34.2. The van der Waals surface area contributed by atoms with E-state index in [2.05, 4.69) is 81.8 Å². The Balaban J connectivity index is 0.696. The van der Waals surface area contributed by atoms with Crippen LogP contribution in [0.15, 0.2) is 84.9 Å². The lowest BCUT2D eigenvalue weighted by molar-refractivity contribution is -0.136. The fourth-order valence-corrected chi connectivity index (χ4v) is 12.1. The molecule has 1 aliphatic carbocycles. The molecule has 0 bridgehead atoms. The monoisotopic (exact) mass is 806 g/mol. The fraction of sp³-hybridized carbons (Fsp3) is 0.460. The van der Waals surface area contributed by atoms with E-state index in [-0.39, 0.29) is 41.1 Å². The van der Waals surface area contributed by atoms with Crippen molar-refractivity contribution < 1.29 is 29.0 Å². The minimum absolute atomic E-state index is 0.0316. The van der Waals surface area contributed by atoms with Gasteiger partial charge in [0, 0.05) is 60.7 Å². The van der Waals surface area contributed by atoms with Crippen molar-refractivity contribution in [2.75, 3.05) is 50.8 Å². The molecule has 10 nitrogen and oxygen atoms in total. The first kappa shape index (κ1) is 37.8. The molecule has 4 saturated heterocycles. The van der Waals surface area contributed by atoms with Crippen LogP contribution >= 0.6 is 0 Å². The number of carbonyl (C=O) groups is 3. The van der Waals surface area contributed by atoms with Crippen LogP contribution in [0.4, 0.5) is 5.69 Å². The summed E-state index contributed by atoms with van der Waals surface area (Å²) in [5, 5.41) is 12.7.